The molecule has 1 unspecified atom stereocenters. The summed E-state index contributed by atoms with van der Waals surface area (Å²) < 4.78 is 0. The summed E-state index contributed by atoms with van der Waals surface area (Å²) >= 11 is 0. The zero-order chi connectivity index (χ0) is 13.4. The van der Waals surface area contributed by atoms with E-state index >= 15 is 0 Å². The Labute approximate surface area is 106 Å². The van der Waals surface area contributed by atoms with E-state index in [0.29, 0.717) is 18.1 Å². The molecular weight excluding hydrogens is 234 g/mol. The van der Waals surface area contributed by atoms with Crippen LogP contribution in [0.3, 0.4) is 0 Å². The Bertz CT molecular complexity index is 419. The minimum atomic E-state index is -0.933. The van der Waals surface area contributed by atoms with Crippen molar-refractivity contribution < 1.29 is 15.3 Å². The van der Waals surface area contributed by atoms with Gasteiger partial charge in [0.15, 0.2) is 0 Å². The molecule has 4 atom stereocenters. The van der Waals surface area contributed by atoms with Crippen LogP contribution in [-0.2, 0) is 0 Å². The van der Waals surface area contributed by atoms with Gasteiger partial charge in [-0.3, -0.25) is 0 Å². The van der Waals surface area contributed by atoms with Crippen LogP contribution in [0, 0.1) is 5.92 Å². The van der Waals surface area contributed by atoms with Gasteiger partial charge in [0.2, 0.25) is 0 Å². The molecule has 1 aliphatic heterocycles. The Hall–Kier alpha value is -1.37. The fourth-order valence-electron chi connectivity index (χ4n) is 2.48. The van der Waals surface area contributed by atoms with Crippen LogP contribution in [-0.4, -0.2) is 50.9 Å². The standard InChI is InChI=1S/C12H19N3O3/c1-6-4-15(7(2)14-12(6)13)9-3-8(5-16)10(17)11(9)18/h4,8-11,16-18H,2-3,5H2,1H3,(H2,13,14)/t8-,9-,10?,11-/m1/s1. The summed E-state index contributed by atoms with van der Waals surface area (Å²) in [5.74, 6) is 0.519. The van der Waals surface area contributed by atoms with Gasteiger partial charge >= 0.3 is 0 Å². The summed E-state index contributed by atoms with van der Waals surface area (Å²) in [6, 6.07) is -0.337. The second kappa shape index (κ2) is 4.72. The lowest BCUT2D eigenvalue weighted by atomic mass is 10.1. The molecule has 0 saturated heterocycles. The van der Waals surface area contributed by atoms with E-state index in [-0.39, 0.29) is 18.6 Å². The summed E-state index contributed by atoms with van der Waals surface area (Å²) in [4.78, 5) is 5.82. The molecule has 6 nitrogen and oxygen atoms in total. The smallest absolute Gasteiger partial charge is 0.130 e. The SMILES string of the molecule is C=C1N=C(N)C(C)=CN1[C@@H]1C[C@H](CO)C(O)[C@@H]1O. The Morgan fingerprint density at radius 1 is 1.50 bits per heavy atom. The number of nitrogens with two attached hydrogens (primary N) is 1. The van der Waals surface area contributed by atoms with Gasteiger partial charge in [-0.1, -0.05) is 6.58 Å². The third kappa shape index (κ3) is 2.03. The number of amidine groups is 1. The number of aliphatic hydroxyl groups is 3. The molecule has 1 heterocycles. The second-order valence-corrected chi connectivity index (χ2v) is 4.86. The number of rotatable bonds is 2. The Kier molecular flexibility index (Phi) is 3.43. The van der Waals surface area contributed by atoms with E-state index in [1.54, 1.807) is 11.1 Å². The third-order valence-electron chi connectivity index (χ3n) is 3.65. The quantitative estimate of drug-likeness (QED) is 0.513. The maximum Gasteiger partial charge on any atom is 0.130 e. The van der Waals surface area contributed by atoms with E-state index in [1.165, 1.54) is 0 Å². The van der Waals surface area contributed by atoms with Crippen molar-refractivity contribution in [2.45, 2.75) is 31.6 Å². The first-order chi connectivity index (χ1) is 8.45. The van der Waals surface area contributed by atoms with E-state index in [9.17, 15) is 10.2 Å². The van der Waals surface area contributed by atoms with Crippen molar-refractivity contribution in [1.82, 2.24) is 4.90 Å². The normalized spacial score (nSPS) is 36.7. The maximum absolute atomic E-state index is 10.0. The molecule has 0 bridgehead atoms. The van der Waals surface area contributed by atoms with Crippen LogP contribution < -0.4 is 5.73 Å². The van der Waals surface area contributed by atoms with Crippen LogP contribution in [0.2, 0.25) is 0 Å². The minimum Gasteiger partial charge on any atom is -0.396 e. The molecule has 0 radical (unpaired) electrons. The lowest BCUT2D eigenvalue weighted by Gasteiger charge is -2.32. The molecule has 2 rings (SSSR count). The Morgan fingerprint density at radius 3 is 2.72 bits per heavy atom. The van der Waals surface area contributed by atoms with E-state index in [2.05, 4.69) is 11.6 Å². The van der Waals surface area contributed by atoms with Crippen LogP contribution in [0.1, 0.15) is 13.3 Å². The molecule has 0 aromatic rings. The van der Waals surface area contributed by atoms with Gasteiger partial charge in [-0.05, 0) is 13.3 Å². The average molecular weight is 253 g/mol. The molecule has 1 saturated carbocycles. The molecule has 100 valence electrons. The minimum absolute atomic E-state index is 0.150. The first kappa shape index (κ1) is 13.1. The molecule has 0 amide bonds. The number of hydrogen-bond donors (Lipinski definition) is 4. The van der Waals surface area contributed by atoms with Crippen molar-refractivity contribution in [3.8, 4) is 0 Å². The molecule has 5 N–H and O–H groups in total. The van der Waals surface area contributed by atoms with Gasteiger partial charge in [0.25, 0.3) is 0 Å². The van der Waals surface area contributed by atoms with Crippen LogP contribution >= 0.6 is 0 Å². The van der Waals surface area contributed by atoms with Crippen molar-refractivity contribution >= 4 is 5.84 Å². The van der Waals surface area contributed by atoms with Gasteiger partial charge in [-0.25, -0.2) is 4.99 Å². The summed E-state index contributed by atoms with van der Waals surface area (Å²) in [6.45, 7) is 5.46. The Balaban J connectivity index is 2.21. The first-order valence-electron chi connectivity index (χ1n) is 5.93. The van der Waals surface area contributed by atoms with E-state index in [0.717, 1.165) is 5.57 Å². The molecule has 0 aromatic heterocycles. The molecule has 6 heteroatoms. The highest BCUT2D eigenvalue weighted by atomic mass is 16.3. The lowest BCUT2D eigenvalue weighted by Crippen LogP contribution is -2.41. The number of nitrogens with zero attached hydrogens (tertiary/aromatic N) is 2. The summed E-state index contributed by atoms with van der Waals surface area (Å²) in [6.07, 6.45) is 0.393. The molecule has 2 aliphatic rings. The number of aliphatic imine (C=N–C) groups is 1. The first-order valence-corrected chi connectivity index (χ1v) is 5.93. The fraction of sp³-hybridized carbons (Fsp3) is 0.583. The van der Waals surface area contributed by atoms with Crippen LogP contribution in [0.25, 0.3) is 0 Å². The molecule has 1 fully saturated rings. The number of aliphatic hydroxyl groups excluding tert-OH is 3. The highest BCUT2D eigenvalue weighted by Crippen LogP contribution is 2.33. The van der Waals surface area contributed by atoms with Gasteiger partial charge in [-0.2, -0.15) is 0 Å². The predicted molar refractivity (Wildman–Crippen MR) is 67.4 cm³/mol. The van der Waals surface area contributed by atoms with Crippen molar-refractivity contribution in [1.29, 1.82) is 0 Å². The van der Waals surface area contributed by atoms with Gasteiger partial charge < -0.3 is 26.0 Å². The zero-order valence-corrected chi connectivity index (χ0v) is 10.3. The van der Waals surface area contributed by atoms with Crippen molar-refractivity contribution in [2.75, 3.05) is 6.61 Å². The van der Waals surface area contributed by atoms with Crippen LogP contribution in [0.4, 0.5) is 0 Å². The highest BCUT2D eigenvalue weighted by molar-refractivity contribution is 5.97. The van der Waals surface area contributed by atoms with Crippen molar-refractivity contribution in [3.63, 3.8) is 0 Å². The summed E-state index contributed by atoms with van der Waals surface area (Å²) in [5.41, 5.74) is 6.48. The highest BCUT2D eigenvalue weighted by Gasteiger charge is 2.44. The molecule has 0 aromatic carbocycles. The van der Waals surface area contributed by atoms with Crippen molar-refractivity contribution in [3.05, 3.63) is 24.2 Å². The van der Waals surface area contributed by atoms with E-state index in [4.69, 9.17) is 10.8 Å². The van der Waals surface area contributed by atoms with Gasteiger partial charge in [0.1, 0.15) is 17.8 Å². The van der Waals surface area contributed by atoms with Gasteiger partial charge in [0, 0.05) is 24.3 Å². The monoisotopic (exact) mass is 253 g/mol. The van der Waals surface area contributed by atoms with Crippen molar-refractivity contribution in [2.24, 2.45) is 16.6 Å². The predicted octanol–water partition coefficient (Wildman–Crippen LogP) is -0.863. The second-order valence-electron chi connectivity index (χ2n) is 4.86. The largest absolute Gasteiger partial charge is 0.396 e. The average Bonchev–Trinajstić information content (AvgIpc) is 2.61. The maximum atomic E-state index is 10.0. The summed E-state index contributed by atoms with van der Waals surface area (Å²) in [5, 5.41) is 29.0. The van der Waals surface area contributed by atoms with E-state index < -0.39 is 12.2 Å². The molecule has 1 aliphatic carbocycles. The van der Waals surface area contributed by atoms with Crippen LogP contribution in [0.15, 0.2) is 29.2 Å². The third-order valence-corrected chi connectivity index (χ3v) is 3.65. The number of hydrogen-bond acceptors (Lipinski definition) is 6. The molecular formula is C12H19N3O3. The topological polar surface area (TPSA) is 102 Å². The lowest BCUT2D eigenvalue weighted by molar-refractivity contribution is -0.00849. The zero-order valence-electron chi connectivity index (χ0n) is 10.3. The molecule has 18 heavy (non-hydrogen) atoms. The van der Waals surface area contributed by atoms with Gasteiger partial charge in [0.05, 0.1) is 12.1 Å². The molecule has 0 spiro atoms. The van der Waals surface area contributed by atoms with E-state index in [1.807, 2.05) is 6.92 Å². The van der Waals surface area contributed by atoms with Gasteiger partial charge in [-0.15, -0.1) is 0 Å². The summed E-state index contributed by atoms with van der Waals surface area (Å²) in [7, 11) is 0. The van der Waals surface area contributed by atoms with Crippen LogP contribution in [0.5, 0.6) is 0 Å². The Morgan fingerprint density at radius 2 is 2.17 bits per heavy atom. The fourth-order valence-corrected chi connectivity index (χ4v) is 2.48.